The predicted molar refractivity (Wildman–Crippen MR) is 160 cm³/mol. The highest BCUT2D eigenvalue weighted by Crippen LogP contribution is 2.49. The first kappa shape index (κ1) is 27.6. The van der Waals surface area contributed by atoms with Crippen LogP contribution in [-0.2, 0) is 17.8 Å². The van der Waals surface area contributed by atoms with Crippen LogP contribution in [0.15, 0.2) is 54.6 Å². The summed E-state index contributed by atoms with van der Waals surface area (Å²) in [5.74, 6) is 2.48. The quantitative estimate of drug-likeness (QED) is 0.408. The van der Waals surface area contributed by atoms with Crippen LogP contribution in [-0.4, -0.2) is 79.2 Å². The molecule has 43 heavy (non-hydrogen) atoms. The van der Waals surface area contributed by atoms with Gasteiger partial charge in [0.25, 0.3) is 5.91 Å². The minimum atomic E-state index is -0.499. The van der Waals surface area contributed by atoms with Crippen LogP contribution in [0.2, 0.25) is 0 Å². The number of hydrogen-bond donors (Lipinski definition) is 0. The van der Waals surface area contributed by atoms with Crippen LogP contribution in [0.25, 0.3) is 0 Å². The second kappa shape index (κ2) is 11.4. The van der Waals surface area contributed by atoms with Crippen molar-refractivity contribution in [3.05, 3.63) is 82.4 Å². The molecule has 0 radical (unpaired) electrons. The van der Waals surface area contributed by atoms with Crippen LogP contribution < -0.4 is 18.9 Å². The molecule has 0 aromatic heterocycles. The van der Waals surface area contributed by atoms with Crippen molar-refractivity contribution in [2.75, 3.05) is 52.7 Å². The molecule has 0 aliphatic carbocycles. The Kier molecular flexibility index (Phi) is 7.34. The Morgan fingerprint density at radius 3 is 2.40 bits per heavy atom. The fraction of sp³-hybridized carbons (Fsp3) is 0.412. The lowest BCUT2D eigenvalue weighted by Crippen LogP contribution is -2.54. The van der Waals surface area contributed by atoms with Gasteiger partial charge in [0.2, 0.25) is 12.7 Å². The summed E-state index contributed by atoms with van der Waals surface area (Å²) in [7, 11) is 0. The summed E-state index contributed by atoms with van der Waals surface area (Å²) in [4.78, 5) is 34.6. The Morgan fingerprint density at radius 1 is 0.860 bits per heavy atom. The van der Waals surface area contributed by atoms with Gasteiger partial charge in [-0.3, -0.25) is 14.5 Å². The van der Waals surface area contributed by atoms with Gasteiger partial charge in [-0.15, -0.1) is 0 Å². The molecule has 9 heteroatoms. The number of piperazine rings is 1. The molecule has 1 fully saturated rings. The summed E-state index contributed by atoms with van der Waals surface area (Å²) in [6.07, 6.45) is 0.700. The lowest BCUT2D eigenvalue weighted by atomic mass is 9.75. The summed E-state index contributed by atoms with van der Waals surface area (Å²) in [6.45, 7) is 9.32. The van der Waals surface area contributed by atoms with E-state index in [2.05, 4.69) is 11.0 Å². The molecule has 0 bridgehead atoms. The number of benzene rings is 3. The molecule has 0 spiro atoms. The molecule has 3 aromatic carbocycles. The minimum absolute atomic E-state index is 0.0179. The van der Waals surface area contributed by atoms with Crippen molar-refractivity contribution in [1.82, 2.24) is 14.7 Å². The zero-order valence-corrected chi connectivity index (χ0v) is 24.7. The molecule has 0 unspecified atom stereocenters. The average Bonchev–Trinajstić information content (AvgIpc) is 3.50. The summed E-state index contributed by atoms with van der Waals surface area (Å²) in [5, 5.41) is 0. The third-order valence-corrected chi connectivity index (χ3v) is 8.98. The Balaban J connectivity index is 1.17. The second-order valence-electron chi connectivity index (χ2n) is 11.4. The van der Waals surface area contributed by atoms with Gasteiger partial charge in [0.1, 0.15) is 0 Å². The van der Waals surface area contributed by atoms with E-state index in [-0.39, 0.29) is 18.6 Å². The van der Waals surface area contributed by atoms with Crippen molar-refractivity contribution < 1.29 is 28.5 Å². The lowest BCUT2D eigenvalue weighted by Gasteiger charge is -2.47. The second-order valence-corrected chi connectivity index (χ2v) is 11.4. The van der Waals surface area contributed by atoms with E-state index in [0.29, 0.717) is 56.3 Å². The molecule has 7 rings (SSSR count). The number of carbonyl (C=O) groups excluding carboxylic acids is 2. The minimum Gasteiger partial charge on any atom is -0.490 e. The van der Waals surface area contributed by atoms with Crippen molar-refractivity contribution in [3.63, 3.8) is 0 Å². The zero-order chi connectivity index (χ0) is 29.5. The Morgan fingerprint density at radius 2 is 1.60 bits per heavy atom. The Hall–Kier alpha value is -4.24. The number of nitrogens with zero attached hydrogens (tertiary/aromatic N) is 3. The summed E-state index contributed by atoms with van der Waals surface area (Å²) in [6, 6.07) is 17.3. The molecule has 3 aromatic rings. The molecule has 9 nitrogen and oxygen atoms in total. The smallest absolute Gasteiger partial charge is 0.254 e. The van der Waals surface area contributed by atoms with E-state index in [9.17, 15) is 9.59 Å². The van der Waals surface area contributed by atoms with Gasteiger partial charge in [0, 0.05) is 44.8 Å². The first-order valence-corrected chi connectivity index (χ1v) is 15.3. The van der Waals surface area contributed by atoms with Gasteiger partial charge in [-0.2, -0.15) is 0 Å². The highest BCUT2D eigenvalue weighted by molar-refractivity contribution is 6.01. The lowest BCUT2D eigenvalue weighted by molar-refractivity contribution is -0.136. The first-order valence-electron chi connectivity index (χ1n) is 15.3. The summed E-state index contributed by atoms with van der Waals surface area (Å²) >= 11 is 0. The van der Waals surface area contributed by atoms with Crippen molar-refractivity contribution in [3.8, 4) is 23.0 Å². The van der Waals surface area contributed by atoms with Crippen molar-refractivity contribution >= 4 is 11.8 Å². The normalized spacial score (nSPS) is 20.7. The van der Waals surface area contributed by atoms with Crippen LogP contribution in [0.1, 0.15) is 58.4 Å². The van der Waals surface area contributed by atoms with Crippen molar-refractivity contribution in [2.45, 2.75) is 38.8 Å². The molecular weight excluding hydrogens is 546 g/mol. The number of carbonyl (C=O) groups is 2. The van der Waals surface area contributed by atoms with Crippen LogP contribution >= 0.6 is 0 Å². The molecule has 4 aliphatic heterocycles. The molecule has 2 atom stereocenters. The van der Waals surface area contributed by atoms with Crippen LogP contribution in [0, 0.1) is 0 Å². The molecule has 0 saturated carbocycles. The largest absolute Gasteiger partial charge is 0.490 e. The summed E-state index contributed by atoms with van der Waals surface area (Å²) in [5.41, 5.74) is 4.67. The standard InChI is InChI=1S/C34H37N3O6/c1-3-40-29-18-23-11-12-37-32(26(23)19-30(29)41-4-2)31(24-7-5-6-8-25(24)33(37)38)34(39)36-15-13-35(14-16-36)20-22-9-10-27-28(17-22)43-21-42-27/h5-10,17-19,31-32H,3-4,11-16,20-21H2,1-2H3/t31-,32-/m0/s1. The van der Waals surface area contributed by atoms with Gasteiger partial charge in [-0.1, -0.05) is 24.3 Å². The van der Waals surface area contributed by atoms with Crippen LogP contribution in [0.4, 0.5) is 0 Å². The molecule has 4 heterocycles. The Bertz CT molecular complexity index is 1550. The van der Waals surface area contributed by atoms with E-state index >= 15 is 0 Å². The maximum Gasteiger partial charge on any atom is 0.254 e. The van der Waals surface area contributed by atoms with Crippen molar-refractivity contribution in [2.24, 2.45) is 0 Å². The molecule has 4 aliphatic rings. The van der Waals surface area contributed by atoms with Crippen molar-refractivity contribution in [1.29, 1.82) is 0 Å². The van der Waals surface area contributed by atoms with E-state index < -0.39 is 12.0 Å². The van der Waals surface area contributed by atoms with Gasteiger partial charge >= 0.3 is 0 Å². The fourth-order valence-electron chi connectivity index (χ4n) is 6.96. The fourth-order valence-corrected chi connectivity index (χ4v) is 6.96. The number of amides is 2. The van der Waals surface area contributed by atoms with Gasteiger partial charge in [-0.25, -0.2) is 0 Å². The molecule has 224 valence electrons. The van der Waals surface area contributed by atoms with Gasteiger partial charge in [0.05, 0.1) is 25.2 Å². The number of rotatable bonds is 7. The van der Waals surface area contributed by atoms with E-state index in [1.807, 2.05) is 72.2 Å². The maximum atomic E-state index is 14.5. The van der Waals surface area contributed by atoms with Gasteiger partial charge in [-0.05, 0) is 72.9 Å². The van der Waals surface area contributed by atoms with Crippen LogP contribution in [0.3, 0.4) is 0 Å². The highest BCUT2D eigenvalue weighted by atomic mass is 16.7. The topological polar surface area (TPSA) is 80.8 Å². The third kappa shape index (κ3) is 4.95. The number of ether oxygens (including phenoxy) is 4. The maximum absolute atomic E-state index is 14.5. The molecule has 0 N–H and O–H groups in total. The Labute approximate surface area is 251 Å². The van der Waals surface area contributed by atoms with Crippen LogP contribution in [0.5, 0.6) is 23.0 Å². The number of fused-ring (bicyclic) bond motifs is 5. The van der Waals surface area contributed by atoms with Gasteiger partial charge < -0.3 is 28.7 Å². The first-order chi connectivity index (χ1) is 21.1. The average molecular weight is 584 g/mol. The third-order valence-electron chi connectivity index (χ3n) is 8.98. The number of hydrogen-bond acceptors (Lipinski definition) is 7. The summed E-state index contributed by atoms with van der Waals surface area (Å²) < 4.78 is 22.9. The predicted octanol–water partition coefficient (Wildman–Crippen LogP) is 4.39. The van der Waals surface area contributed by atoms with Gasteiger partial charge in [0.15, 0.2) is 23.0 Å². The van der Waals surface area contributed by atoms with E-state index in [1.165, 1.54) is 0 Å². The SMILES string of the molecule is CCOc1cc2c(cc1OCC)[C@H]1[C@@H](C(=O)N3CCN(Cc4ccc5c(c4)OCO5)CC3)c3ccccc3C(=O)N1CC2. The molecule has 1 saturated heterocycles. The molecular formula is C34H37N3O6. The van der Waals surface area contributed by atoms with E-state index in [1.54, 1.807) is 0 Å². The van der Waals surface area contributed by atoms with E-state index in [0.717, 1.165) is 53.4 Å². The highest BCUT2D eigenvalue weighted by Gasteiger charge is 2.48. The van der Waals surface area contributed by atoms with E-state index in [4.69, 9.17) is 18.9 Å². The zero-order valence-electron chi connectivity index (χ0n) is 24.7. The monoisotopic (exact) mass is 583 g/mol. The molecule has 2 amide bonds.